The summed E-state index contributed by atoms with van der Waals surface area (Å²) in [6, 6.07) is 11.2. The molecule has 1 spiro atoms. The Bertz CT molecular complexity index is 1390. The molecule has 13 nitrogen and oxygen atoms in total. The third-order valence-corrected chi connectivity index (χ3v) is 7.17. The molecule has 2 fully saturated rings. The Morgan fingerprint density at radius 2 is 2.00 bits per heavy atom. The minimum absolute atomic E-state index is 0.0608. The Labute approximate surface area is 222 Å². The molecule has 1 unspecified atom stereocenters. The molecular formula is C26H26N6O7. The molecule has 202 valence electrons. The molecule has 0 aromatic heterocycles. The van der Waals surface area contributed by atoms with Crippen molar-refractivity contribution >= 4 is 40.7 Å². The van der Waals surface area contributed by atoms with E-state index in [9.17, 15) is 29.3 Å². The van der Waals surface area contributed by atoms with E-state index in [1.165, 1.54) is 29.2 Å². The van der Waals surface area contributed by atoms with Crippen LogP contribution in [0.15, 0.2) is 53.7 Å². The summed E-state index contributed by atoms with van der Waals surface area (Å²) in [5.74, 6) is -1.48. The van der Waals surface area contributed by atoms with E-state index in [2.05, 4.69) is 15.8 Å². The van der Waals surface area contributed by atoms with Crippen LogP contribution in [0.4, 0.5) is 11.4 Å². The van der Waals surface area contributed by atoms with Crippen molar-refractivity contribution in [2.24, 2.45) is 10.9 Å². The second kappa shape index (κ2) is 10.2. The molecule has 13 heteroatoms. The largest absolute Gasteiger partial charge is 0.387 e. The molecular weight excluding hydrogens is 508 g/mol. The topological polar surface area (TPSA) is 186 Å². The fourth-order valence-electron chi connectivity index (χ4n) is 5.16. The van der Waals surface area contributed by atoms with Gasteiger partial charge in [-0.25, -0.2) is 0 Å². The number of likely N-dealkylation sites (tertiary alicyclic amines) is 1. The van der Waals surface area contributed by atoms with Crippen LogP contribution in [0.25, 0.3) is 0 Å². The van der Waals surface area contributed by atoms with Crippen molar-refractivity contribution in [3.8, 4) is 0 Å². The van der Waals surface area contributed by atoms with Gasteiger partial charge in [-0.05, 0) is 24.1 Å². The summed E-state index contributed by atoms with van der Waals surface area (Å²) in [7, 11) is 0. The summed E-state index contributed by atoms with van der Waals surface area (Å²) in [6.07, 6.45) is 1.17. The van der Waals surface area contributed by atoms with Crippen molar-refractivity contribution in [2.45, 2.75) is 49.8 Å². The van der Waals surface area contributed by atoms with Gasteiger partial charge in [0.25, 0.3) is 5.69 Å². The van der Waals surface area contributed by atoms with Crippen LogP contribution in [0, 0.1) is 10.1 Å². The smallest absolute Gasteiger partial charge is 0.269 e. The normalized spacial score (nSPS) is 23.7. The number of primary amides is 1. The highest BCUT2D eigenvalue weighted by atomic mass is 16.7. The van der Waals surface area contributed by atoms with Gasteiger partial charge in [0, 0.05) is 42.6 Å². The number of nitro benzene ring substituents is 1. The Hall–Kier alpha value is -4.81. The first-order valence-electron chi connectivity index (χ1n) is 12.4. The minimum atomic E-state index is -0.937. The number of nitrogens with two attached hydrogens (primary N) is 1. The fourth-order valence-corrected chi connectivity index (χ4v) is 5.16. The maximum atomic E-state index is 13.1. The lowest BCUT2D eigenvalue weighted by molar-refractivity contribution is -0.384. The van der Waals surface area contributed by atoms with Crippen molar-refractivity contribution in [3.63, 3.8) is 0 Å². The Morgan fingerprint density at radius 3 is 2.67 bits per heavy atom. The molecule has 0 radical (unpaired) electrons. The van der Waals surface area contributed by atoms with Crippen LogP contribution in [0.2, 0.25) is 0 Å². The van der Waals surface area contributed by atoms with Gasteiger partial charge in [-0.1, -0.05) is 29.4 Å². The van der Waals surface area contributed by atoms with Crippen molar-refractivity contribution in [2.75, 3.05) is 11.9 Å². The van der Waals surface area contributed by atoms with Gasteiger partial charge in [-0.2, -0.15) is 0 Å². The molecule has 2 aromatic rings. The number of nitrogens with one attached hydrogen (secondary N) is 2. The van der Waals surface area contributed by atoms with Gasteiger partial charge < -0.3 is 26.1 Å². The van der Waals surface area contributed by atoms with Gasteiger partial charge in [0.1, 0.15) is 12.1 Å². The summed E-state index contributed by atoms with van der Waals surface area (Å²) >= 11 is 0. The lowest BCUT2D eigenvalue weighted by Gasteiger charge is -2.23. The molecule has 0 aliphatic carbocycles. The Kier molecular flexibility index (Phi) is 6.73. The van der Waals surface area contributed by atoms with Crippen LogP contribution in [0.5, 0.6) is 0 Å². The van der Waals surface area contributed by atoms with E-state index in [0.717, 1.165) is 0 Å². The maximum absolute atomic E-state index is 13.1. The van der Waals surface area contributed by atoms with Gasteiger partial charge in [-0.15, -0.1) is 0 Å². The van der Waals surface area contributed by atoms with E-state index < -0.39 is 28.5 Å². The molecule has 2 saturated heterocycles. The summed E-state index contributed by atoms with van der Waals surface area (Å²) in [5.41, 5.74) is 6.99. The molecule has 39 heavy (non-hydrogen) atoms. The molecule has 3 heterocycles. The highest BCUT2D eigenvalue weighted by Crippen LogP contribution is 2.39. The number of rotatable bonds is 7. The molecule has 4 amide bonds. The second-order valence-corrected chi connectivity index (χ2v) is 9.96. The average Bonchev–Trinajstić information content (AvgIpc) is 3.63. The highest BCUT2D eigenvalue weighted by Gasteiger charge is 2.53. The number of amides is 4. The first kappa shape index (κ1) is 25.8. The van der Waals surface area contributed by atoms with E-state index in [1.54, 1.807) is 18.2 Å². The third kappa shape index (κ3) is 5.42. The van der Waals surface area contributed by atoms with Crippen LogP contribution in [-0.4, -0.2) is 63.4 Å². The zero-order valence-electron chi connectivity index (χ0n) is 20.8. The molecule has 2 aromatic carbocycles. The number of carbonyl (C=O) groups is 4. The molecule has 0 bridgehead atoms. The van der Waals surface area contributed by atoms with Crippen LogP contribution in [0.3, 0.4) is 0 Å². The number of hydrogen-bond donors (Lipinski definition) is 3. The number of anilines is 1. The molecule has 5 rings (SSSR count). The maximum Gasteiger partial charge on any atom is 0.269 e. The van der Waals surface area contributed by atoms with E-state index >= 15 is 0 Å². The molecule has 3 atom stereocenters. The zero-order valence-corrected chi connectivity index (χ0v) is 20.8. The van der Waals surface area contributed by atoms with Crippen LogP contribution >= 0.6 is 0 Å². The lowest BCUT2D eigenvalue weighted by Crippen LogP contribution is -2.44. The molecule has 3 aliphatic heterocycles. The first-order chi connectivity index (χ1) is 18.6. The summed E-state index contributed by atoms with van der Waals surface area (Å²) in [6.45, 7) is 0.0945. The number of benzene rings is 2. The Balaban J connectivity index is 1.25. The monoisotopic (exact) mass is 534 g/mol. The SMILES string of the molecule is NC(=O)[C@@H]1CC2(CC(c3cccc(NC(=O)[C@@H]4CCC(=O)N4)c3)=NO2)CN1C(=O)Cc1ccc([N+](=O)[O-])cc1. The van der Waals surface area contributed by atoms with Crippen molar-refractivity contribution < 1.29 is 28.9 Å². The van der Waals surface area contributed by atoms with E-state index in [0.29, 0.717) is 41.8 Å². The van der Waals surface area contributed by atoms with Crippen molar-refractivity contribution in [3.05, 3.63) is 69.8 Å². The lowest BCUT2D eigenvalue weighted by atomic mass is 9.91. The minimum Gasteiger partial charge on any atom is -0.387 e. The number of nitro groups is 1. The van der Waals surface area contributed by atoms with Crippen molar-refractivity contribution in [1.29, 1.82) is 0 Å². The number of carbonyl (C=O) groups excluding carboxylic acids is 4. The first-order valence-corrected chi connectivity index (χ1v) is 12.4. The zero-order chi connectivity index (χ0) is 27.7. The van der Waals surface area contributed by atoms with Gasteiger partial charge in [0.05, 0.1) is 23.6 Å². The van der Waals surface area contributed by atoms with Crippen molar-refractivity contribution in [1.82, 2.24) is 10.2 Å². The predicted molar refractivity (Wildman–Crippen MR) is 137 cm³/mol. The number of non-ortho nitro benzene ring substituents is 1. The predicted octanol–water partition coefficient (Wildman–Crippen LogP) is 1.00. The third-order valence-electron chi connectivity index (χ3n) is 7.17. The highest BCUT2D eigenvalue weighted by molar-refractivity contribution is 6.04. The van der Waals surface area contributed by atoms with Crippen LogP contribution in [-0.2, 0) is 30.4 Å². The van der Waals surface area contributed by atoms with E-state index in [-0.39, 0.29) is 42.8 Å². The van der Waals surface area contributed by atoms with E-state index in [4.69, 9.17) is 10.6 Å². The summed E-state index contributed by atoms with van der Waals surface area (Å²) in [4.78, 5) is 66.9. The quantitative estimate of drug-likeness (QED) is 0.349. The van der Waals surface area contributed by atoms with Gasteiger partial charge in [-0.3, -0.25) is 29.3 Å². The molecule has 0 saturated carbocycles. The molecule has 4 N–H and O–H groups in total. The second-order valence-electron chi connectivity index (χ2n) is 9.96. The van der Waals surface area contributed by atoms with E-state index in [1.807, 2.05) is 6.07 Å². The van der Waals surface area contributed by atoms with Crippen LogP contribution in [0.1, 0.15) is 36.8 Å². The summed E-state index contributed by atoms with van der Waals surface area (Å²) < 4.78 is 0. The number of hydrogen-bond acceptors (Lipinski definition) is 8. The van der Waals surface area contributed by atoms with Crippen LogP contribution < -0.4 is 16.4 Å². The Morgan fingerprint density at radius 1 is 1.23 bits per heavy atom. The van der Waals surface area contributed by atoms with Gasteiger partial charge >= 0.3 is 0 Å². The fraction of sp³-hybridized carbons (Fsp3) is 0.346. The van der Waals surface area contributed by atoms with Gasteiger partial charge in [0.15, 0.2) is 5.60 Å². The number of oxime groups is 1. The molecule has 3 aliphatic rings. The number of nitrogens with zero attached hydrogens (tertiary/aromatic N) is 3. The average molecular weight is 535 g/mol. The summed E-state index contributed by atoms with van der Waals surface area (Å²) in [5, 5.41) is 20.6. The van der Waals surface area contributed by atoms with Gasteiger partial charge in [0.2, 0.25) is 23.6 Å². The standard InChI is InChI=1S/C26H26N6O7/c27-24(35)21-13-26(14-31(21)23(34)10-15-4-6-18(7-5-15)32(37)38)12-20(30-39-26)16-2-1-3-17(11-16)28-25(36)19-8-9-22(33)29-19/h1-7,11,19,21H,8-10,12-14H2,(H2,27,35)(H,28,36)(H,29,33)/t19-,21-,26?/m0/s1.